The molecule has 0 spiro atoms. The average Bonchev–Trinajstić information content (AvgIpc) is 2.83. The molecule has 3 rings (SSSR count). The summed E-state index contributed by atoms with van der Waals surface area (Å²) in [6.07, 6.45) is 1.07. The van der Waals surface area contributed by atoms with Crippen molar-refractivity contribution in [1.82, 2.24) is 5.32 Å². The Labute approximate surface area is 187 Å². The van der Waals surface area contributed by atoms with Crippen LogP contribution in [0.4, 0.5) is 4.39 Å². The maximum absolute atomic E-state index is 12.9. The Kier molecular flexibility index (Phi) is 8.54. The molecule has 1 atom stereocenters. The Morgan fingerprint density at radius 1 is 1.03 bits per heavy atom. The summed E-state index contributed by atoms with van der Waals surface area (Å²) in [5, 5.41) is 13.2. The van der Waals surface area contributed by atoms with Crippen molar-refractivity contribution < 1.29 is 23.8 Å². The zero-order valence-corrected chi connectivity index (χ0v) is 17.8. The first-order valence-electron chi connectivity index (χ1n) is 10.3. The summed E-state index contributed by atoms with van der Waals surface area (Å²) in [5.74, 6) is -0.0721. The fourth-order valence-electron chi connectivity index (χ4n) is 3.05. The Morgan fingerprint density at radius 3 is 2.38 bits per heavy atom. The summed E-state index contributed by atoms with van der Waals surface area (Å²) >= 11 is 0. The molecule has 0 fully saturated rings. The van der Waals surface area contributed by atoms with E-state index in [9.17, 15) is 14.3 Å². The smallest absolute Gasteiger partial charge is 0.338 e. The van der Waals surface area contributed by atoms with Gasteiger partial charge in [0.15, 0.2) is 0 Å². The van der Waals surface area contributed by atoms with Gasteiger partial charge in [-0.3, -0.25) is 0 Å². The topological polar surface area (TPSA) is 67.8 Å². The average molecular weight is 435 g/mol. The molecule has 5 nitrogen and oxygen atoms in total. The second kappa shape index (κ2) is 11.8. The minimum Gasteiger partial charge on any atom is -0.491 e. The molecule has 0 saturated heterocycles. The van der Waals surface area contributed by atoms with Crippen LogP contribution in [0.5, 0.6) is 5.75 Å². The highest BCUT2D eigenvalue weighted by Crippen LogP contribution is 2.21. The van der Waals surface area contributed by atoms with E-state index in [2.05, 4.69) is 5.32 Å². The molecule has 0 aliphatic heterocycles. The number of methoxy groups -OCH3 is 1. The van der Waals surface area contributed by atoms with E-state index in [1.54, 1.807) is 30.3 Å². The van der Waals surface area contributed by atoms with Gasteiger partial charge in [-0.2, -0.15) is 0 Å². The number of hydrogen-bond donors (Lipinski definition) is 2. The van der Waals surface area contributed by atoms with Crippen LogP contribution in [0.25, 0.3) is 11.6 Å². The second-order valence-corrected chi connectivity index (χ2v) is 7.21. The molecule has 0 aliphatic rings. The third-order valence-corrected chi connectivity index (χ3v) is 4.75. The quantitative estimate of drug-likeness (QED) is 0.286. The number of nitrogens with one attached hydrogen (secondary N) is 1. The van der Waals surface area contributed by atoms with Gasteiger partial charge in [-0.1, -0.05) is 54.6 Å². The van der Waals surface area contributed by atoms with Crippen LogP contribution in [0.1, 0.15) is 16.7 Å². The first-order valence-corrected chi connectivity index (χ1v) is 10.3. The lowest BCUT2D eigenvalue weighted by atomic mass is 10.0. The van der Waals surface area contributed by atoms with Gasteiger partial charge in [0.25, 0.3) is 0 Å². The van der Waals surface area contributed by atoms with Gasteiger partial charge in [0, 0.05) is 13.1 Å². The number of ether oxygens (including phenoxy) is 2. The minimum absolute atomic E-state index is 0.128. The Morgan fingerprint density at radius 2 is 1.72 bits per heavy atom. The molecule has 0 amide bonds. The van der Waals surface area contributed by atoms with E-state index in [1.807, 2.05) is 42.5 Å². The zero-order valence-electron chi connectivity index (χ0n) is 17.8. The van der Waals surface area contributed by atoms with Gasteiger partial charge in [-0.05, 0) is 47.0 Å². The molecule has 6 heteroatoms. The maximum atomic E-state index is 12.9. The lowest BCUT2D eigenvalue weighted by Gasteiger charge is -2.13. The van der Waals surface area contributed by atoms with E-state index in [1.165, 1.54) is 19.2 Å². The van der Waals surface area contributed by atoms with Crippen LogP contribution >= 0.6 is 0 Å². The van der Waals surface area contributed by atoms with Crippen molar-refractivity contribution in [3.63, 3.8) is 0 Å². The zero-order chi connectivity index (χ0) is 22.8. The molecule has 0 aromatic heterocycles. The molecule has 3 aromatic carbocycles. The van der Waals surface area contributed by atoms with Crippen molar-refractivity contribution in [2.45, 2.75) is 12.6 Å². The van der Waals surface area contributed by atoms with E-state index in [-0.39, 0.29) is 12.4 Å². The minimum atomic E-state index is -0.695. The second-order valence-electron chi connectivity index (χ2n) is 7.21. The van der Waals surface area contributed by atoms with Crippen molar-refractivity contribution in [2.24, 2.45) is 0 Å². The van der Waals surface area contributed by atoms with Crippen LogP contribution in [0.15, 0.2) is 78.9 Å². The van der Waals surface area contributed by atoms with Gasteiger partial charge in [-0.25, -0.2) is 9.18 Å². The van der Waals surface area contributed by atoms with Crippen LogP contribution in [0.2, 0.25) is 0 Å². The molecule has 0 heterocycles. The number of halogens is 1. The highest BCUT2D eigenvalue weighted by atomic mass is 19.1. The van der Waals surface area contributed by atoms with E-state index < -0.39 is 12.1 Å². The van der Waals surface area contributed by atoms with E-state index in [0.717, 1.165) is 16.7 Å². The van der Waals surface area contributed by atoms with E-state index >= 15 is 0 Å². The normalized spacial score (nSPS) is 12.3. The maximum Gasteiger partial charge on any atom is 0.338 e. The van der Waals surface area contributed by atoms with Crippen LogP contribution in [0.3, 0.4) is 0 Å². The number of hydrogen-bond acceptors (Lipinski definition) is 5. The van der Waals surface area contributed by atoms with Gasteiger partial charge in [0.05, 0.1) is 12.7 Å². The first kappa shape index (κ1) is 23.2. The van der Waals surface area contributed by atoms with Crippen LogP contribution < -0.4 is 10.1 Å². The molecule has 0 saturated carbocycles. The van der Waals surface area contributed by atoms with Gasteiger partial charge < -0.3 is 19.9 Å². The summed E-state index contributed by atoms with van der Waals surface area (Å²) in [6.45, 7) is 1.00. The predicted molar refractivity (Wildman–Crippen MR) is 122 cm³/mol. The number of carbonyl (C=O) groups excluding carboxylic acids is 1. The lowest BCUT2D eigenvalue weighted by molar-refractivity contribution is -0.133. The third kappa shape index (κ3) is 7.04. The number of aliphatic hydroxyl groups excluding tert-OH is 1. The Balaban J connectivity index is 1.51. The van der Waals surface area contributed by atoms with Gasteiger partial charge >= 0.3 is 5.97 Å². The Bertz CT molecular complexity index is 1020. The van der Waals surface area contributed by atoms with Crippen LogP contribution in [0, 0.1) is 5.82 Å². The van der Waals surface area contributed by atoms with Crippen LogP contribution in [-0.4, -0.2) is 37.4 Å². The molecule has 166 valence electrons. The molecule has 0 aliphatic carbocycles. The molecule has 0 radical (unpaired) electrons. The highest BCUT2D eigenvalue weighted by Gasteiger charge is 2.12. The van der Waals surface area contributed by atoms with Crippen LogP contribution in [-0.2, 0) is 16.1 Å². The third-order valence-electron chi connectivity index (χ3n) is 4.75. The number of rotatable bonds is 10. The number of benzene rings is 3. The first-order chi connectivity index (χ1) is 15.5. The predicted octanol–water partition coefficient (Wildman–Crippen LogP) is 4.07. The van der Waals surface area contributed by atoms with Gasteiger partial charge in [-0.15, -0.1) is 0 Å². The molecular formula is C26H26FNO4. The molecule has 0 bridgehead atoms. The summed E-state index contributed by atoms with van der Waals surface area (Å²) in [4.78, 5) is 12.2. The highest BCUT2D eigenvalue weighted by molar-refractivity contribution is 6.21. The molecule has 32 heavy (non-hydrogen) atoms. The fourth-order valence-corrected chi connectivity index (χ4v) is 3.05. The van der Waals surface area contributed by atoms with E-state index in [0.29, 0.717) is 24.4 Å². The van der Waals surface area contributed by atoms with Gasteiger partial charge in [0.2, 0.25) is 0 Å². The summed E-state index contributed by atoms with van der Waals surface area (Å²) < 4.78 is 23.5. The number of aliphatic hydroxyl groups is 1. The van der Waals surface area contributed by atoms with Crippen molar-refractivity contribution in [3.8, 4) is 5.75 Å². The fraction of sp³-hybridized carbons (Fsp3) is 0.192. The summed E-state index contributed by atoms with van der Waals surface area (Å²) in [5.41, 5.74) is 2.99. The van der Waals surface area contributed by atoms with Crippen molar-refractivity contribution >= 4 is 17.6 Å². The summed E-state index contributed by atoms with van der Waals surface area (Å²) in [6, 6.07) is 22.8. The van der Waals surface area contributed by atoms with E-state index in [4.69, 9.17) is 9.47 Å². The lowest BCUT2D eigenvalue weighted by Crippen LogP contribution is -2.31. The molecule has 1 unspecified atom stereocenters. The molecular weight excluding hydrogens is 409 g/mol. The molecule has 3 aromatic rings. The van der Waals surface area contributed by atoms with Crippen molar-refractivity contribution in [1.29, 1.82) is 0 Å². The summed E-state index contributed by atoms with van der Waals surface area (Å²) in [7, 11) is 1.36. The number of esters is 1. The Hall–Kier alpha value is -3.48. The van der Waals surface area contributed by atoms with Crippen molar-refractivity contribution in [2.75, 3.05) is 20.3 Å². The van der Waals surface area contributed by atoms with Gasteiger partial charge in [0.1, 0.15) is 24.3 Å². The van der Waals surface area contributed by atoms with Crippen molar-refractivity contribution in [3.05, 3.63) is 101 Å². The standard InChI is InChI=1S/C26H26FNO4/c1-31-26(30)25(21-5-3-2-4-6-21)15-19-9-13-24(14-10-19)32-18-23(29)17-28-16-20-7-11-22(27)12-8-20/h2-15,23,28-29H,16-18H2,1H3. The largest absolute Gasteiger partial charge is 0.491 e. The number of carbonyl (C=O) groups is 1. The monoisotopic (exact) mass is 435 g/mol. The molecule has 2 N–H and O–H groups in total. The SMILES string of the molecule is COC(=O)C(=Cc1ccc(OCC(O)CNCc2ccc(F)cc2)cc1)c1ccccc1.